The molecule has 1 nitrogen and oxygen atoms in total. The highest BCUT2D eigenvalue weighted by molar-refractivity contribution is 5.79. The topological polar surface area (TPSA) is 17.1 Å². The first-order valence-corrected chi connectivity index (χ1v) is 4.84. The van der Waals surface area contributed by atoms with Crippen molar-refractivity contribution in [1.29, 1.82) is 0 Å². The summed E-state index contributed by atoms with van der Waals surface area (Å²) in [6, 6.07) is 0. The number of ketones is 1. The first kappa shape index (κ1) is 10.2. The van der Waals surface area contributed by atoms with Crippen molar-refractivity contribution >= 4 is 5.78 Å². The molecule has 0 amide bonds. The van der Waals surface area contributed by atoms with Gasteiger partial charge in [-0.05, 0) is 39.5 Å². The van der Waals surface area contributed by atoms with Crippen LogP contribution in [0.15, 0.2) is 23.8 Å². The van der Waals surface area contributed by atoms with Crippen LogP contribution in [-0.2, 0) is 4.79 Å². The molecule has 1 rings (SSSR count). The minimum absolute atomic E-state index is 0.182. The molecule has 1 aliphatic carbocycles. The summed E-state index contributed by atoms with van der Waals surface area (Å²) in [6.45, 7) is 9.81. The largest absolute Gasteiger partial charge is 0.300 e. The van der Waals surface area contributed by atoms with E-state index >= 15 is 0 Å². The molecular weight excluding hydrogens is 160 g/mol. The summed E-state index contributed by atoms with van der Waals surface area (Å²) in [6.07, 6.45) is 4.10. The monoisotopic (exact) mass is 178 g/mol. The first-order valence-electron chi connectivity index (χ1n) is 4.84. The molecule has 0 unspecified atom stereocenters. The van der Waals surface area contributed by atoms with E-state index < -0.39 is 0 Å². The predicted octanol–water partition coefficient (Wildman–Crippen LogP) is 3.12. The Morgan fingerprint density at radius 3 is 2.54 bits per heavy atom. The second-order valence-corrected chi connectivity index (χ2v) is 4.16. The molecule has 0 fully saturated rings. The molecule has 0 aromatic carbocycles. The number of hydrogen-bond acceptors (Lipinski definition) is 1. The molecule has 1 heteroatoms. The zero-order chi connectivity index (χ0) is 10.0. The predicted molar refractivity (Wildman–Crippen MR) is 55.5 cm³/mol. The lowest BCUT2D eigenvalue weighted by Crippen LogP contribution is -2.25. The van der Waals surface area contributed by atoms with Crippen LogP contribution in [0.5, 0.6) is 0 Å². The van der Waals surface area contributed by atoms with Gasteiger partial charge in [0.05, 0.1) is 0 Å². The van der Waals surface area contributed by atoms with E-state index in [1.54, 1.807) is 6.92 Å². The van der Waals surface area contributed by atoms with E-state index in [4.69, 9.17) is 0 Å². The highest BCUT2D eigenvalue weighted by Crippen LogP contribution is 2.34. The second kappa shape index (κ2) is 3.91. The van der Waals surface area contributed by atoms with E-state index in [1.807, 2.05) is 6.92 Å². The SMILES string of the molecule is C=C(C)[C@@H]1CC(C)=CC[C@@H]1C(C)=O. The number of allylic oxidation sites excluding steroid dienone is 3. The van der Waals surface area contributed by atoms with Crippen molar-refractivity contribution in [2.75, 3.05) is 0 Å². The third-order valence-electron chi connectivity index (χ3n) is 2.90. The lowest BCUT2D eigenvalue weighted by molar-refractivity contribution is -0.122. The first-order chi connectivity index (χ1) is 6.02. The molecule has 13 heavy (non-hydrogen) atoms. The Bertz CT molecular complexity index is 260. The van der Waals surface area contributed by atoms with E-state index in [0.29, 0.717) is 11.7 Å². The molecule has 0 radical (unpaired) electrons. The molecule has 0 saturated carbocycles. The summed E-state index contributed by atoms with van der Waals surface area (Å²) in [5, 5.41) is 0. The summed E-state index contributed by atoms with van der Waals surface area (Å²) in [7, 11) is 0. The van der Waals surface area contributed by atoms with Crippen LogP contribution in [0.1, 0.15) is 33.6 Å². The zero-order valence-electron chi connectivity index (χ0n) is 8.76. The molecule has 2 atom stereocenters. The quantitative estimate of drug-likeness (QED) is 0.594. The van der Waals surface area contributed by atoms with Crippen molar-refractivity contribution in [3.8, 4) is 0 Å². The van der Waals surface area contributed by atoms with Gasteiger partial charge in [0.1, 0.15) is 5.78 Å². The third kappa shape index (κ3) is 2.30. The van der Waals surface area contributed by atoms with Crippen LogP contribution < -0.4 is 0 Å². The number of carbonyl (C=O) groups is 1. The molecule has 0 saturated heterocycles. The molecule has 72 valence electrons. The standard InChI is InChI=1S/C12H18O/c1-8(2)12-7-9(3)5-6-11(12)10(4)13/h5,11-12H,1,6-7H2,2-4H3/t11-,12+/m1/s1. The molecule has 0 aromatic heterocycles. The van der Waals surface area contributed by atoms with Gasteiger partial charge >= 0.3 is 0 Å². The fourth-order valence-electron chi connectivity index (χ4n) is 2.03. The van der Waals surface area contributed by atoms with Crippen LogP contribution >= 0.6 is 0 Å². The summed E-state index contributed by atoms with van der Waals surface area (Å²) in [5.41, 5.74) is 2.54. The second-order valence-electron chi connectivity index (χ2n) is 4.16. The van der Waals surface area contributed by atoms with Crippen LogP contribution in [0, 0.1) is 11.8 Å². The highest BCUT2D eigenvalue weighted by atomic mass is 16.1. The van der Waals surface area contributed by atoms with Crippen molar-refractivity contribution in [2.45, 2.75) is 33.6 Å². The van der Waals surface area contributed by atoms with Crippen molar-refractivity contribution in [3.05, 3.63) is 23.8 Å². The van der Waals surface area contributed by atoms with Gasteiger partial charge in [0.15, 0.2) is 0 Å². The van der Waals surface area contributed by atoms with Crippen LogP contribution in [0.2, 0.25) is 0 Å². The maximum absolute atomic E-state index is 11.3. The highest BCUT2D eigenvalue weighted by Gasteiger charge is 2.28. The molecule has 0 N–H and O–H groups in total. The number of hydrogen-bond donors (Lipinski definition) is 0. The Kier molecular flexibility index (Phi) is 3.07. The molecule has 0 bridgehead atoms. The molecule has 1 aliphatic rings. The van der Waals surface area contributed by atoms with Gasteiger partial charge in [-0.1, -0.05) is 23.8 Å². The van der Waals surface area contributed by atoms with Gasteiger partial charge in [0.25, 0.3) is 0 Å². The number of carbonyl (C=O) groups excluding carboxylic acids is 1. The van der Waals surface area contributed by atoms with Gasteiger partial charge in [-0.25, -0.2) is 0 Å². The normalized spacial score (nSPS) is 28.1. The van der Waals surface area contributed by atoms with E-state index in [0.717, 1.165) is 18.4 Å². The Morgan fingerprint density at radius 1 is 1.46 bits per heavy atom. The van der Waals surface area contributed by atoms with E-state index in [-0.39, 0.29) is 5.92 Å². The molecule has 0 spiro atoms. The Balaban J connectivity index is 2.83. The molecule has 0 heterocycles. The fraction of sp³-hybridized carbons (Fsp3) is 0.583. The minimum Gasteiger partial charge on any atom is -0.300 e. The third-order valence-corrected chi connectivity index (χ3v) is 2.90. The number of Topliss-reactive ketones (excluding diaryl/α,β-unsaturated/α-hetero) is 1. The Morgan fingerprint density at radius 2 is 2.08 bits per heavy atom. The molecule has 0 aliphatic heterocycles. The lowest BCUT2D eigenvalue weighted by Gasteiger charge is -2.29. The van der Waals surface area contributed by atoms with Gasteiger partial charge in [0.2, 0.25) is 0 Å². The number of rotatable bonds is 2. The molecule has 0 aromatic rings. The van der Waals surface area contributed by atoms with Crippen LogP contribution in [-0.4, -0.2) is 5.78 Å². The average molecular weight is 178 g/mol. The fourth-order valence-corrected chi connectivity index (χ4v) is 2.03. The zero-order valence-corrected chi connectivity index (χ0v) is 8.76. The van der Waals surface area contributed by atoms with Crippen LogP contribution in [0.25, 0.3) is 0 Å². The van der Waals surface area contributed by atoms with Crippen molar-refractivity contribution in [3.63, 3.8) is 0 Å². The van der Waals surface area contributed by atoms with Gasteiger partial charge in [0, 0.05) is 5.92 Å². The van der Waals surface area contributed by atoms with E-state index in [9.17, 15) is 4.79 Å². The van der Waals surface area contributed by atoms with Crippen molar-refractivity contribution in [1.82, 2.24) is 0 Å². The maximum Gasteiger partial charge on any atom is 0.133 e. The summed E-state index contributed by atoms with van der Waals surface area (Å²) >= 11 is 0. The maximum atomic E-state index is 11.3. The van der Waals surface area contributed by atoms with Gasteiger partial charge in [-0.15, -0.1) is 0 Å². The Labute approximate surface area is 80.5 Å². The van der Waals surface area contributed by atoms with Crippen LogP contribution in [0.3, 0.4) is 0 Å². The minimum atomic E-state index is 0.182. The van der Waals surface area contributed by atoms with E-state index in [1.165, 1.54) is 5.57 Å². The van der Waals surface area contributed by atoms with Crippen LogP contribution in [0.4, 0.5) is 0 Å². The smallest absolute Gasteiger partial charge is 0.133 e. The summed E-state index contributed by atoms with van der Waals surface area (Å²) in [4.78, 5) is 11.3. The van der Waals surface area contributed by atoms with Gasteiger partial charge < -0.3 is 0 Å². The van der Waals surface area contributed by atoms with Crippen molar-refractivity contribution < 1.29 is 4.79 Å². The lowest BCUT2D eigenvalue weighted by atomic mass is 9.75. The van der Waals surface area contributed by atoms with E-state index in [2.05, 4.69) is 19.6 Å². The van der Waals surface area contributed by atoms with Gasteiger partial charge in [-0.3, -0.25) is 4.79 Å². The average Bonchev–Trinajstić information content (AvgIpc) is 2.03. The van der Waals surface area contributed by atoms with Crippen molar-refractivity contribution in [2.24, 2.45) is 11.8 Å². The summed E-state index contributed by atoms with van der Waals surface area (Å²) < 4.78 is 0. The van der Waals surface area contributed by atoms with Gasteiger partial charge in [-0.2, -0.15) is 0 Å². The summed E-state index contributed by atoms with van der Waals surface area (Å²) in [5.74, 6) is 0.862. The Hall–Kier alpha value is -0.850. The molecular formula is C12H18O.